The highest BCUT2D eigenvalue weighted by Gasteiger charge is 2.43. The van der Waals surface area contributed by atoms with Gasteiger partial charge in [-0.3, -0.25) is 0 Å². The molecule has 0 radical (unpaired) electrons. The van der Waals surface area contributed by atoms with Gasteiger partial charge in [-0.25, -0.2) is 9.37 Å². The monoisotopic (exact) mass is 337 g/mol. The molecule has 0 aliphatic heterocycles. The zero-order chi connectivity index (χ0) is 16.1. The van der Waals surface area contributed by atoms with Gasteiger partial charge in [0.15, 0.2) is 8.32 Å². The van der Waals surface area contributed by atoms with E-state index in [1.165, 1.54) is 0 Å². The summed E-state index contributed by atoms with van der Waals surface area (Å²) in [6.07, 6.45) is 2.11. The first-order chi connectivity index (χ1) is 10.2. The third-order valence-corrected chi connectivity index (χ3v) is 10.6. The number of benzene rings is 1. The summed E-state index contributed by atoms with van der Waals surface area (Å²) in [5.74, 6) is 0.134. The molecule has 1 aromatic carbocycles. The highest BCUT2D eigenvalue weighted by molar-refractivity contribution is 7.16. The minimum Gasteiger partial charge on any atom is -0.414 e. The summed E-state index contributed by atoms with van der Waals surface area (Å²) >= 11 is 1.57. The second kappa shape index (κ2) is 5.39. The molecular formula is C17H24FNOSSi. The Morgan fingerprint density at radius 3 is 2.59 bits per heavy atom. The van der Waals surface area contributed by atoms with E-state index in [9.17, 15) is 4.39 Å². The first-order valence-corrected chi connectivity index (χ1v) is 11.7. The molecule has 0 unspecified atom stereocenters. The first kappa shape index (κ1) is 16.1. The molecule has 0 spiro atoms. The zero-order valence-electron chi connectivity index (χ0n) is 13.9. The molecule has 1 saturated carbocycles. The van der Waals surface area contributed by atoms with Crippen LogP contribution < -0.4 is 0 Å². The van der Waals surface area contributed by atoms with Crippen molar-refractivity contribution in [3.63, 3.8) is 0 Å². The second-order valence-corrected chi connectivity index (χ2v) is 13.5. The third kappa shape index (κ3) is 2.74. The third-order valence-electron chi connectivity index (χ3n) is 5.26. The van der Waals surface area contributed by atoms with Crippen molar-refractivity contribution in [3.05, 3.63) is 29.0 Å². The molecule has 1 aromatic heterocycles. The maximum Gasteiger partial charge on any atom is 0.192 e. The predicted molar refractivity (Wildman–Crippen MR) is 93.6 cm³/mol. The molecule has 1 aliphatic carbocycles. The molecular weight excluding hydrogens is 313 g/mol. The molecule has 0 N–H and O–H groups in total. The molecule has 2 aromatic rings. The molecule has 0 bridgehead atoms. The van der Waals surface area contributed by atoms with Crippen molar-refractivity contribution in [1.82, 2.24) is 4.98 Å². The summed E-state index contributed by atoms with van der Waals surface area (Å²) in [5, 5.41) is 0.220. The summed E-state index contributed by atoms with van der Waals surface area (Å²) < 4.78 is 21.8. The van der Waals surface area contributed by atoms with Gasteiger partial charge in [-0.1, -0.05) is 20.8 Å². The number of halogens is 1. The predicted octanol–water partition coefficient (Wildman–Crippen LogP) is 5.70. The van der Waals surface area contributed by atoms with Gasteiger partial charge in [-0.15, -0.1) is 11.3 Å². The average Bonchev–Trinajstić information content (AvgIpc) is 2.81. The van der Waals surface area contributed by atoms with Crippen LogP contribution in [0.5, 0.6) is 0 Å². The number of thiazole rings is 1. The lowest BCUT2D eigenvalue weighted by molar-refractivity contribution is 0.0834. The molecule has 0 amide bonds. The second-order valence-electron chi connectivity index (χ2n) is 7.83. The largest absolute Gasteiger partial charge is 0.414 e. The van der Waals surface area contributed by atoms with Gasteiger partial charge < -0.3 is 4.43 Å². The SMILES string of the molecule is CC(C)(C)[Si](C)(C)OC1CC(c2c(F)ccc3scnc23)C1. The van der Waals surface area contributed by atoms with Gasteiger partial charge in [0.1, 0.15) is 5.82 Å². The smallest absolute Gasteiger partial charge is 0.192 e. The highest BCUT2D eigenvalue weighted by atomic mass is 32.1. The van der Waals surface area contributed by atoms with Gasteiger partial charge in [0.2, 0.25) is 0 Å². The van der Waals surface area contributed by atoms with Crippen LogP contribution in [-0.4, -0.2) is 19.4 Å². The summed E-state index contributed by atoms with van der Waals surface area (Å²) in [4.78, 5) is 4.37. The molecule has 120 valence electrons. The number of rotatable bonds is 3. The number of aromatic nitrogens is 1. The van der Waals surface area contributed by atoms with Gasteiger partial charge in [-0.2, -0.15) is 0 Å². The van der Waals surface area contributed by atoms with Crippen LogP contribution in [0.3, 0.4) is 0 Å². The fraction of sp³-hybridized carbons (Fsp3) is 0.588. The maximum atomic E-state index is 14.3. The molecule has 1 aliphatic rings. The molecule has 1 fully saturated rings. The molecule has 5 heteroatoms. The van der Waals surface area contributed by atoms with E-state index in [1.54, 1.807) is 22.9 Å². The van der Waals surface area contributed by atoms with Crippen LogP contribution in [0.15, 0.2) is 17.6 Å². The molecule has 1 heterocycles. The molecule has 0 atom stereocenters. The first-order valence-electron chi connectivity index (χ1n) is 7.88. The van der Waals surface area contributed by atoms with Crippen molar-refractivity contribution < 1.29 is 8.82 Å². The molecule has 3 rings (SSSR count). The van der Waals surface area contributed by atoms with Crippen molar-refractivity contribution >= 4 is 29.9 Å². The van der Waals surface area contributed by atoms with Crippen LogP contribution in [-0.2, 0) is 4.43 Å². The lowest BCUT2D eigenvalue weighted by Gasteiger charge is -2.45. The van der Waals surface area contributed by atoms with E-state index >= 15 is 0 Å². The van der Waals surface area contributed by atoms with Crippen LogP contribution in [0.25, 0.3) is 10.2 Å². The standard InChI is InChI=1S/C17H24FNOSSi/c1-17(2,3)22(4,5)20-12-8-11(9-12)15-13(18)6-7-14-16(15)19-10-21-14/h6-7,10-12H,8-9H2,1-5H3. The molecule has 0 saturated heterocycles. The van der Waals surface area contributed by atoms with Gasteiger partial charge in [-0.05, 0) is 49.0 Å². The number of hydrogen-bond acceptors (Lipinski definition) is 3. The summed E-state index contributed by atoms with van der Waals surface area (Å²) in [7, 11) is -1.73. The van der Waals surface area contributed by atoms with Gasteiger partial charge in [0.25, 0.3) is 0 Å². The average molecular weight is 338 g/mol. The lowest BCUT2D eigenvalue weighted by atomic mass is 9.77. The Morgan fingerprint density at radius 1 is 1.27 bits per heavy atom. The fourth-order valence-corrected chi connectivity index (χ4v) is 4.88. The Bertz CT molecular complexity index is 686. The van der Waals surface area contributed by atoms with Crippen molar-refractivity contribution in [1.29, 1.82) is 0 Å². The Labute approximate surface area is 136 Å². The van der Waals surface area contributed by atoms with E-state index in [0.29, 0.717) is 0 Å². The van der Waals surface area contributed by atoms with Crippen LogP contribution in [0.2, 0.25) is 18.1 Å². The van der Waals surface area contributed by atoms with Gasteiger partial charge in [0.05, 0.1) is 15.7 Å². The van der Waals surface area contributed by atoms with Crippen molar-refractivity contribution in [2.75, 3.05) is 0 Å². The lowest BCUT2D eigenvalue weighted by Crippen LogP contribution is -2.47. The fourth-order valence-electron chi connectivity index (χ4n) is 2.81. The van der Waals surface area contributed by atoms with E-state index < -0.39 is 8.32 Å². The number of fused-ring (bicyclic) bond motifs is 1. The van der Waals surface area contributed by atoms with Crippen LogP contribution in [0.1, 0.15) is 45.1 Å². The topological polar surface area (TPSA) is 22.1 Å². The van der Waals surface area contributed by atoms with E-state index in [4.69, 9.17) is 4.43 Å². The minimum atomic E-state index is -1.73. The van der Waals surface area contributed by atoms with Crippen molar-refractivity contribution in [2.24, 2.45) is 0 Å². The zero-order valence-corrected chi connectivity index (χ0v) is 15.8. The minimum absolute atomic E-state index is 0.117. The Kier molecular flexibility index (Phi) is 3.94. The van der Waals surface area contributed by atoms with Crippen molar-refractivity contribution in [2.45, 2.75) is 63.8 Å². The van der Waals surface area contributed by atoms with E-state index in [-0.39, 0.29) is 22.9 Å². The summed E-state index contributed by atoms with van der Waals surface area (Å²) in [6.45, 7) is 11.3. The van der Waals surface area contributed by atoms with Crippen molar-refractivity contribution in [3.8, 4) is 0 Å². The van der Waals surface area contributed by atoms with Crippen LogP contribution in [0.4, 0.5) is 4.39 Å². The van der Waals surface area contributed by atoms with Crippen LogP contribution in [0, 0.1) is 5.82 Å². The Balaban J connectivity index is 1.73. The molecule has 22 heavy (non-hydrogen) atoms. The van der Waals surface area contributed by atoms with Gasteiger partial charge >= 0.3 is 0 Å². The maximum absolute atomic E-state index is 14.3. The Morgan fingerprint density at radius 2 is 1.95 bits per heavy atom. The Hall–Kier alpha value is -0.783. The van der Waals surface area contributed by atoms with E-state index in [1.807, 2.05) is 6.07 Å². The van der Waals surface area contributed by atoms with E-state index in [2.05, 4.69) is 38.8 Å². The number of nitrogens with zero attached hydrogens (tertiary/aromatic N) is 1. The highest BCUT2D eigenvalue weighted by Crippen LogP contribution is 2.46. The van der Waals surface area contributed by atoms with Crippen LogP contribution >= 0.6 is 11.3 Å². The normalized spacial score (nSPS) is 22.8. The number of hydrogen-bond donors (Lipinski definition) is 0. The van der Waals surface area contributed by atoms with E-state index in [0.717, 1.165) is 28.6 Å². The quantitative estimate of drug-likeness (QED) is 0.670. The van der Waals surface area contributed by atoms with Gasteiger partial charge in [0, 0.05) is 11.7 Å². The summed E-state index contributed by atoms with van der Waals surface area (Å²) in [5.41, 5.74) is 3.45. The summed E-state index contributed by atoms with van der Waals surface area (Å²) in [6, 6.07) is 3.41. The molecule has 2 nitrogen and oxygen atoms in total.